The molecule has 82 valence electrons. The highest BCUT2D eigenvalue weighted by Gasteiger charge is 2.16. The zero-order valence-corrected chi connectivity index (χ0v) is 9.67. The van der Waals surface area contributed by atoms with E-state index in [9.17, 15) is 4.39 Å². The van der Waals surface area contributed by atoms with Gasteiger partial charge in [-0.15, -0.1) is 0 Å². The van der Waals surface area contributed by atoms with Crippen LogP contribution >= 0.6 is 0 Å². The monoisotopic (exact) mass is 208 g/mol. The Bertz CT molecular complexity index is 344. The second kappa shape index (κ2) is 4.47. The standard InChI is InChI=1S/C13H17FO/c1-13(2,3)12(14)9-10-5-7-11(15-4)8-6-10/h5-9H,1-4H3/b12-9-. The van der Waals surface area contributed by atoms with Gasteiger partial charge in [0.25, 0.3) is 0 Å². The molecule has 0 amide bonds. The molecule has 0 saturated heterocycles. The number of allylic oxidation sites excluding steroid dienone is 1. The minimum absolute atomic E-state index is 0.118. The summed E-state index contributed by atoms with van der Waals surface area (Å²) in [5, 5.41) is 0. The van der Waals surface area contributed by atoms with E-state index in [2.05, 4.69) is 0 Å². The summed E-state index contributed by atoms with van der Waals surface area (Å²) in [4.78, 5) is 0. The molecular weight excluding hydrogens is 191 g/mol. The number of hydrogen-bond acceptors (Lipinski definition) is 1. The number of halogens is 1. The van der Waals surface area contributed by atoms with Crippen LogP contribution in [0.4, 0.5) is 4.39 Å². The van der Waals surface area contributed by atoms with Gasteiger partial charge >= 0.3 is 0 Å². The van der Waals surface area contributed by atoms with Crippen LogP contribution in [0.25, 0.3) is 6.08 Å². The lowest BCUT2D eigenvalue weighted by Crippen LogP contribution is -2.04. The van der Waals surface area contributed by atoms with Crippen LogP contribution in [0.2, 0.25) is 0 Å². The van der Waals surface area contributed by atoms with Crippen molar-refractivity contribution in [3.05, 3.63) is 35.7 Å². The summed E-state index contributed by atoms with van der Waals surface area (Å²) in [5.74, 6) is 0.663. The van der Waals surface area contributed by atoms with E-state index in [0.29, 0.717) is 0 Å². The van der Waals surface area contributed by atoms with E-state index in [1.165, 1.54) is 0 Å². The van der Waals surface area contributed by atoms with Crippen LogP contribution in [0.3, 0.4) is 0 Å². The Morgan fingerprint density at radius 2 is 1.73 bits per heavy atom. The first-order valence-electron chi connectivity index (χ1n) is 4.95. The highest BCUT2D eigenvalue weighted by atomic mass is 19.1. The lowest BCUT2D eigenvalue weighted by molar-refractivity contribution is 0.389. The number of rotatable bonds is 2. The fourth-order valence-corrected chi connectivity index (χ4v) is 1.06. The molecule has 0 unspecified atom stereocenters. The van der Waals surface area contributed by atoms with Crippen molar-refractivity contribution in [2.75, 3.05) is 7.11 Å². The second-order valence-electron chi connectivity index (χ2n) is 4.52. The van der Waals surface area contributed by atoms with Gasteiger partial charge in [-0.3, -0.25) is 0 Å². The molecule has 0 aliphatic heterocycles. The second-order valence-corrected chi connectivity index (χ2v) is 4.52. The van der Waals surface area contributed by atoms with Crippen molar-refractivity contribution < 1.29 is 9.13 Å². The summed E-state index contributed by atoms with van der Waals surface area (Å²) < 4.78 is 18.6. The highest BCUT2D eigenvalue weighted by molar-refractivity contribution is 5.53. The molecule has 1 aromatic carbocycles. The van der Waals surface area contributed by atoms with Crippen LogP contribution in [0.1, 0.15) is 26.3 Å². The molecule has 0 spiro atoms. The Morgan fingerprint density at radius 1 is 1.20 bits per heavy atom. The normalized spacial score (nSPS) is 12.7. The lowest BCUT2D eigenvalue weighted by Gasteiger charge is -2.15. The first kappa shape index (κ1) is 11.8. The summed E-state index contributed by atoms with van der Waals surface area (Å²) in [5.41, 5.74) is 0.420. The van der Waals surface area contributed by atoms with Crippen molar-refractivity contribution in [2.24, 2.45) is 5.41 Å². The zero-order valence-electron chi connectivity index (χ0n) is 9.67. The average Bonchev–Trinajstić information content (AvgIpc) is 2.17. The van der Waals surface area contributed by atoms with Gasteiger partial charge in [0.15, 0.2) is 0 Å². The number of methoxy groups -OCH3 is 1. The van der Waals surface area contributed by atoms with Crippen LogP contribution in [-0.4, -0.2) is 7.11 Å². The van der Waals surface area contributed by atoms with Crippen molar-refractivity contribution in [2.45, 2.75) is 20.8 Å². The molecule has 1 nitrogen and oxygen atoms in total. The Morgan fingerprint density at radius 3 is 2.13 bits per heavy atom. The van der Waals surface area contributed by atoms with Gasteiger partial charge in [0, 0.05) is 5.41 Å². The van der Waals surface area contributed by atoms with E-state index < -0.39 is 5.41 Å². The number of benzene rings is 1. The van der Waals surface area contributed by atoms with Crippen molar-refractivity contribution in [3.63, 3.8) is 0 Å². The molecule has 0 N–H and O–H groups in total. The van der Waals surface area contributed by atoms with Crippen LogP contribution in [0.15, 0.2) is 30.1 Å². The Kier molecular flexibility index (Phi) is 3.51. The van der Waals surface area contributed by atoms with Gasteiger partial charge in [0.05, 0.1) is 7.11 Å². The molecule has 1 rings (SSSR count). The van der Waals surface area contributed by atoms with Gasteiger partial charge in [0.2, 0.25) is 0 Å². The molecule has 0 heterocycles. The molecule has 0 radical (unpaired) electrons. The first-order valence-corrected chi connectivity index (χ1v) is 4.95. The van der Waals surface area contributed by atoms with E-state index in [1.807, 2.05) is 45.0 Å². The Hall–Kier alpha value is -1.31. The van der Waals surface area contributed by atoms with E-state index >= 15 is 0 Å². The van der Waals surface area contributed by atoms with Gasteiger partial charge in [-0.05, 0) is 23.8 Å². The van der Waals surface area contributed by atoms with Gasteiger partial charge in [-0.2, -0.15) is 0 Å². The van der Waals surface area contributed by atoms with Gasteiger partial charge in [-0.1, -0.05) is 32.9 Å². The zero-order chi connectivity index (χ0) is 11.5. The fourth-order valence-electron chi connectivity index (χ4n) is 1.06. The molecule has 0 atom stereocenters. The van der Waals surface area contributed by atoms with Crippen molar-refractivity contribution in [1.29, 1.82) is 0 Å². The minimum Gasteiger partial charge on any atom is -0.497 e. The maximum Gasteiger partial charge on any atom is 0.118 e. The lowest BCUT2D eigenvalue weighted by atomic mass is 9.93. The van der Waals surface area contributed by atoms with E-state index in [1.54, 1.807) is 13.2 Å². The third-order valence-corrected chi connectivity index (χ3v) is 2.13. The molecule has 0 saturated carbocycles. The summed E-state index contributed by atoms with van der Waals surface area (Å²) in [6.07, 6.45) is 1.56. The molecule has 0 aliphatic carbocycles. The third-order valence-electron chi connectivity index (χ3n) is 2.13. The maximum atomic E-state index is 13.6. The van der Waals surface area contributed by atoms with Crippen LogP contribution in [0, 0.1) is 5.41 Å². The third kappa shape index (κ3) is 3.39. The Labute approximate surface area is 90.6 Å². The van der Waals surface area contributed by atoms with E-state index in [-0.39, 0.29) is 5.83 Å². The van der Waals surface area contributed by atoms with Crippen LogP contribution < -0.4 is 4.74 Å². The topological polar surface area (TPSA) is 9.23 Å². The van der Waals surface area contributed by atoms with Crippen molar-refractivity contribution in [1.82, 2.24) is 0 Å². The molecule has 0 bridgehead atoms. The molecule has 1 aromatic rings. The quantitative estimate of drug-likeness (QED) is 0.712. The van der Waals surface area contributed by atoms with Gasteiger partial charge < -0.3 is 4.74 Å². The van der Waals surface area contributed by atoms with Crippen LogP contribution in [0.5, 0.6) is 5.75 Å². The minimum atomic E-state index is -0.431. The molecule has 15 heavy (non-hydrogen) atoms. The average molecular weight is 208 g/mol. The first-order chi connectivity index (χ1) is 6.93. The molecular formula is C13H17FO. The summed E-state index contributed by atoms with van der Waals surface area (Å²) in [6, 6.07) is 7.32. The van der Waals surface area contributed by atoms with Gasteiger partial charge in [-0.25, -0.2) is 4.39 Å². The van der Waals surface area contributed by atoms with Crippen molar-refractivity contribution in [3.8, 4) is 5.75 Å². The molecule has 2 heteroatoms. The fraction of sp³-hybridized carbons (Fsp3) is 0.385. The number of hydrogen-bond donors (Lipinski definition) is 0. The largest absolute Gasteiger partial charge is 0.497 e. The SMILES string of the molecule is COc1ccc(/C=C(\F)C(C)(C)C)cc1. The van der Waals surface area contributed by atoms with E-state index in [4.69, 9.17) is 4.74 Å². The van der Waals surface area contributed by atoms with Crippen molar-refractivity contribution >= 4 is 6.08 Å². The predicted molar refractivity (Wildman–Crippen MR) is 61.5 cm³/mol. The summed E-state index contributed by atoms with van der Waals surface area (Å²) >= 11 is 0. The van der Waals surface area contributed by atoms with Gasteiger partial charge in [0.1, 0.15) is 11.6 Å². The molecule has 0 fully saturated rings. The smallest absolute Gasteiger partial charge is 0.118 e. The Balaban J connectivity index is 2.89. The maximum absolute atomic E-state index is 13.6. The summed E-state index contributed by atoms with van der Waals surface area (Å²) in [6.45, 7) is 5.55. The number of ether oxygens (including phenoxy) is 1. The van der Waals surface area contributed by atoms with E-state index in [0.717, 1.165) is 11.3 Å². The summed E-state index contributed by atoms with van der Waals surface area (Å²) in [7, 11) is 1.61. The predicted octanol–water partition coefficient (Wildman–Crippen LogP) is 4.05. The highest BCUT2D eigenvalue weighted by Crippen LogP contribution is 2.28. The molecule has 0 aliphatic rings. The van der Waals surface area contributed by atoms with Crippen LogP contribution in [-0.2, 0) is 0 Å². The molecule has 0 aromatic heterocycles.